The Labute approximate surface area is 147 Å². The van der Waals surface area contributed by atoms with Crippen LogP contribution in [0.2, 0.25) is 0 Å². The predicted octanol–water partition coefficient (Wildman–Crippen LogP) is 2.21. The molecule has 25 heavy (non-hydrogen) atoms. The zero-order chi connectivity index (χ0) is 18.8. The molecule has 2 rings (SSSR count). The molecule has 2 amide bonds. The molecule has 0 atom stereocenters. The van der Waals surface area contributed by atoms with Crippen LogP contribution >= 0.6 is 0 Å². The largest absolute Gasteiger partial charge is 0.361 e. The van der Waals surface area contributed by atoms with Crippen LogP contribution in [0.15, 0.2) is 33.7 Å². The average molecular weight is 366 g/mol. The topological polar surface area (TPSA) is 95.7 Å². The van der Waals surface area contributed by atoms with Gasteiger partial charge < -0.3 is 14.7 Å². The number of amides is 2. The van der Waals surface area contributed by atoms with Gasteiger partial charge in [-0.05, 0) is 32.0 Å². The average Bonchev–Trinajstić information content (AvgIpc) is 2.86. The first kappa shape index (κ1) is 18.9. The molecule has 0 aliphatic carbocycles. The lowest BCUT2D eigenvalue weighted by atomic mass is 10.2. The van der Waals surface area contributed by atoms with Crippen molar-refractivity contribution in [1.29, 1.82) is 0 Å². The predicted molar refractivity (Wildman–Crippen MR) is 93.8 cm³/mol. The molecule has 1 aromatic carbocycles. The highest BCUT2D eigenvalue weighted by Gasteiger charge is 2.19. The highest BCUT2D eigenvalue weighted by atomic mass is 32.2. The van der Waals surface area contributed by atoms with Crippen molar-refractivity contribution in [3.8, 4) is 0 Å². The van der Waals surface area contributed by atoms with Crippen LogP contribution in [0.25, 0.3) is 0 Å². The van der Waals surface area contributed by atoms with E-state index in [1.165, 1.54) is 31.1 Å². The molecule has 1 heterocycles. The molecule has 136 valence electrons. The monoisotopic (exact) mass is 366 g/mol. The van der Waals surface area contributed by atoms with Crippen LogP contribution in [-0.2, 0) is 16.6 Å². The highest BCUT2D eigenvalue weighted by molar-refractivity contribution is 7.89. The Bertz CT molecular complexity index is 855. The molecular formula is C16H22N4O4S. The summed E-state index contributed by atoms with van der Waals surface area (Å²) in [5, 5.41) is 6.56. The molecule has 2 aromatic rings. The van der Waals surface area contributed by atoms with E-state index in [0.29, 0.717) is 18.0 Å². The van der Waals surface area contributed by atoms with Gasteiger partial charge in [0.1, 0.15) is 5.76 Å². The number of nitrogens with one attached hydrogen (secondary N) is 1. The van der Waals surface area contributed by atoms with Gasteiger partial charge in [0.2, 0.25) is 10.0 Å². The standard InChI is InChI=1S/C16H22N4O4S/c1-11-15(12(2)24-18-11)10-20(5)16(21)17-13-7-6-8-14(9-13)25(22,23)19(3)4/h6-9H,10H2,1-5H3,(H,17,21). The summed E-state index contributed by atoms with van der Waals surface area (Å²) in [7, 11) is 0.993. The van der Waals surface area contributed by atoms with Gasteiger partial charge in [-0.1, -0.05) is 11.2 Å². The van der Waals surface area contributed by atoms with Gasteiger partial charge in [-0.2, -0.15) is 0 Å². The van der Waals surface area contributed by atoms with E-state index < -0.39 is 10.0 Å². The normalized spacial score (nSPS) is 11.6. The molecule has 8 nitrogen and oxygen atoms in total. The summed E-state index contributed by atoms with van der Waals surface area (Å²) in [4.78, 5) is 13.9. The van der Waals surface area contributed by atoms with E-state index in [4.69, 9.17) is 4.52 Å². The summed E-state index contributed by atoms with van der Waals surface area (Å²) in [5.41, 5.74) is 1.98. The van der Waals surface area contributed by atoms with Gasteiger partial charge in [-0.25, -0.2) is 17.5 Å². The number of aromatic nitrogens is 1. The Kier molecular flexibility index (Phi) is 5.48. The molecule has 1 aromatic heterocycles. The first-order valence-electron chi connectivity index (χ1n) is 7.59. The van der Waals surface area contributed by atoms with Crippen molar-refractivity contribution in [2.75, 3.05) is 26.5 Å². The second kappa shape index (κ2) is 7.24. The third-order valence-corrected chi connectivity index (χ3v) is 5.60. The van der Waals surface area contributed by atoms with E-state index in [-0.39, 0.29) is 10.9 Å². The van der Waals surface area contributed by atoms with Gasteiger partial charge in [-0.15, -0.1) is 0 Å². The van der Waals surface area contributed by atoms with E-state index in [0.717, 1.165) is 15.6 Å². The van der Waals surface area contributed by atoms with Crippen molar-refractivity contribution >= 4 is 21.7 Å². The van der Waals surface area contributed by atoms with Gasteiger partial charge in [0.05, 0.1) is 17.1 Å². The smallest absolute Gasteiger partial charge is 0.321 e. The molecule has 0 aliphatic rings. The maximum absolute atomic E-state index is 12.4. The fraction of sp³-hybridized carbons (Fsp3) is 0.375. The van der Waals surface area contributed by atoms with Crippen molar-refractivity contribution < 1.29 is 17.7 Å². The van der Waals surface area contributed by atoms with Crippen LogP contribution in [0.4, 0.5) is 10.5 Å². The van der Waals surface area contributed by atoms with E-state index in [1.54, 1.807) is 26.1 Å². The molecule has 0 spiro atoms. The third kappa shape index (κ3) is 4.18. The fourth-order valence-corrected chi connectivity index (χ4v) is 3.15. The summed E-state index contributed by atoms with van der Waals surface area (Å²) in [5.74, 6) is 0.663. The zero-order valence-corrected chi connectivity index (χ0v) is 15.7. The Morgan fingerprint density at radius 2 is 1.92 bits per heavy atom. The Morgan fingerprint density at radius 3 is 2.48 bits per heavy atom. The molecule has 0 saturated heterocycles. The van der Waals surface area contributed by atoms with Crippen molar-refractivity contribution in [3.63, 3.8) is 0 Å². The highest BCUT2D eigenvalue weighted by Crippen LogP contribution is 2.19. The van der Waals surface area contributed by atoms with Gasteiger partial charge in [0.25, 0.3) is 0 Å². The van der Waals surface area contributed by atoms with Gasteiger partial charge >= 0.3 is 6.03 Å². The van der Waals surface area contributed by atoms with Crippen molar-refractivity contribution in [1.82, 2.24) is 14.4 Å². The number of anilines is 1. The number of aryl methyl sites for hydroxylation is 2. The number of hydrogen-bond donors (Lipinski definition) is 1. The Hall–Kier alpha value is -2.39. The molecule has 0 radical (unpaired) electrons. The minimum absolute atomic E-state index is 0.115. The summed E-state index contributed by atoms with van der Waals surface area (Å²) in [6.07, 6.45) is 0. The minimum Gasteiger partial charge on any atom is -0.361 e. The quantitative estimate of drug-likeness (QED) is 0.875. The lowest BCUT2D eigenvalue weighted by Gasteiger charge is -2.18. The third-order valence-electron chi connectivity index (χ3n) is 3.79. The number of rotatable bonds is 5. The van der Waals surface area contributed by atoms with Crippen molar-refractivity contribution in [3.05, 3.63) is 41.3 Å². The van der Waals surface area contributed by atoms with Crippen LogP contribution in [-0.4, -0.2) is 50.0 Å². The number of benzene rings is 1. The van der Waals surface area contributed by atoms with E-state index in [2.05, 4.69) is 10.5 Å². The number of carbonyl (C=O) groups is 1. The van der Waals surface area contributed by atoms with Crippen LogP contribution in [0.1, 0.15) is 17.0 Å². The van der Waals surface area contributed by atoms with Gasteiger partial charge in [-0.3, -0.25) is 0 Å². The summed E-state index contributed by atoms with van der Waals surface area (Å²) < 4.78 is 30.6. The lowest BCUT2D eigenvalue weighted by molar-refractivity contribution is 0.220. The van der Waals surface area contributed by atoms with Gasteiger partial charge in [0.15, 0.2) is 0 Å². The molecule has 9 heteroatoms. The first-order valence-corrected chi connectivity index (χ1v) is 9.03. The van der Waals surface area contributed by atoms with Crippen LogP contribution in [0.3, 0.4) is 0 Å². The molecule has 0 saturated carbocycles. The number of hydrogen-bond acceptors (Lipinski definition) is 5. The van der Waals surface area contributed by atoms with E-state index in [1.807, 2.05) is 6.92 Å². The summed E-state index contributed by atoms with van der Waals surface area (Å²) >= 11 is 0. The number of urea groups is 1. The maximum atomic E-state index is 12.4. The molecule has 1 N–H and O–H groups in total. The van der Waals surface area contributed by atoms with Crippen molar-refractivity contribution in [2.45, 2.75) is 25.3 Å². The lowest BCUT2D eigenvalue weighted by Crippen LogP contribution is -2.31. The van der Waals surface area contributed by atoms with Gasteiger partial charge in [0, 0.05) is 32.4 Å². The second-order valence-corrected chi connectivity index (χ2v) is 8.06. The molecule has 0 aliphatic heterocycles. The summed E-state index contributed by atoms with van der Waals surface area (Å²) in [6, 6.07) is 5.77. The van der Waals surface area contributed by atoms with E-state index in [9.17, 15) is 13.2 Å². The minimum atomic E-state index is -3.56. The Balaban J connectivity index is 2.13. The SMILES string of the molecule is Cc1noc(C)c1CN(C)C(=O)Nc1cccc(S(=O)(=O)N(C)C)c1. The first-order chi connectivity index (χ1) is 11.6. The molecule has 0 bridgehead atoms. The number of sulfonamides is 1. The van der Waals surface area contributed by atoms with E-state index >= 15 is 0 Å². The maximum Gasteiger partial charge on any atom is 0.321 e. The molecular weight excluding hydrogens is 344 g/mol. The van der Waals surface area contributed by atoms with Crippen LogP contribution < -0.4 is 5.32 Å². The van der Waals surface area contributed by atoms with Crippen molar-refractivity contribution in [2.24, 2.45) is 0 Å². The number of nitrogens with zero attached hydrogens (tertiary/aromatic N) is 3. The molecule has 0 unspecified atom stereocenters. The zero-order valence-electron chi connectivity index (χ0n) is 14.9. The molecule has 0 fully saturated rings. The fourth-order valence-electron chi connectivity index (χ4n) is 2.20. The van der Waals surface area contributed by atoms with Crippen LogP contribution in [0, 0.1) is 13.8 Å². The van der Waals surface area contributed by atoms with Crippen LogP contribution in [0.5, 0.6) is 0 Å². The summed E-state index contributed by atoms with van der Waals surface area (Å²) in [6.45, 7) is 3.94. The number of carbonyl (C=O) groups excluding carboxylic acids is 1. The Morgan fingerprint density at radius 1 is 1.24 bits per heavy atom. The second-order valence-electron chi connectivity index (χ2n) is 5.90.